The molecule has 0 bridgehead atoms. The summed E-state index contributed by atoms with van der Waals surface area (Å²) < 4.78 is 21.9. The van der Waals surface area contributed by atoms with Crippen LogP contribution in [0.2, 0.25) is 0 Å². The van der Waals surface area contributed by atoms with E-state index in [4.69, 9.17) is 23.2 Å². The van der Waals surface area contributed by atoms with E-state index in [9.17, 15) is 0 Å². The molecule has 0 spiro atoms. The van der Waals surface area contributed by atoms with Crippen molar-refractivity contribution in [2.75, 3.05) is 0 Å². The van der Waals surface area contributed by atoms with E-state index in [0.717, 1.165) is 110 Å². The second-order valence-electron chi connectivity index (χ2n) is 18.8. The first-order chi connectivity index (χ1) is 35.7. The molecule has 7 heteroatoms. The third kappa shape index (κ3) is 5.73. The number of hydrogen-bond acceptors (Lipinski definition) is 6. The van der Waals surface area contributed by atoms with Crippen molar-refractivity contribution in [3.8, 4) is 16.8 Å². The van der Waals surface area contributed by atoms with Crippen LogP contribution in [-0.2, 0) is 0 Å². The zero-order valence-corrected chi connectivity index (χ0v) is 38.4. The molecule has 5 heterocycles. The van der Waals surface area contributed by atoms with Gasteiger partial charge >= 0.3 is 0 Å². The van der Waals surface area contributed by atoms with E-state index in [0.29, 0.717) is 11.7 Å². The Bertz CT molecular complexity index is 4870. The molecule has 15 aromatic rings. The van der Waals surface area contributed by atoms with E-state index in [1.165, 1.54) is 32.3 Å². The molecular formula is C65H38N4O3. The molecule has 0 radical (unpaired) electrons. The lowest BCUT2D eigenvalue weighted by atomic mass is 9.96. The summed E-state index contributed by atoms with van der Waals surface area (Å²) in [6.45, 7) is 0. The van der Waals surface area contributed by atoms with E-state index >= 15 is 0 Å². The van der Waals surface area contributed by atoms with Gasteiger partial charge in [0, 0.05) is 65.5 Å². The maximum absolute atomic E-state index is 6.60. The lowest BCUT2D eigenvalue weighted by molar-refractivity contribution is 0.662. The molecular weight excluding hydrogens is 885 g/mol. The van der Waals surface area contributed by atoms with Gasteiger partial charge < -0.3 is 23.1 Å². The summed E-state index contributed by atoms with van der Waals surface area (Å²) >= 11 is 0. The van der Waals surface area contributed by atoms with Crippen LogP contribution in [0.25, 0.3) is 126 Å². The lowest BCUT2D eigenvalue weighted by Crippen LogP contribution is -2.34. The van der Waals surface area contributed by atoms with Gasteiger partial charge in [-0.25, -0.2) is 9.98 Å². The van der Waals surface area contributed by atoms with Crippen molar-refractivity contribution < 1.29 is 13.3 Å². The van der Waals surface area contributed by atoms with E-state index in [-0.39, 0.29) is 0 Å². The average Bonchev–Trinajstić information content (AvgIpc) is 4.21. The Morgan fingerprint density at radius 3 is 1.81 bits per heavy atom. The Kier molecular flexibility index (Phi) is 8.10. The SMILES string of the molecule is c1ccc2cc3c(cc2c1)c1c2ccccc2ccc1n3-c1ccc(C2=NC(c3cccc4oc5ccccc5c34)NC(c3cccc4oc5ccccc5c34)=N2)c(-c2ccc3c(c2)oc2ccccc23)c1. The molecule has 7 nitrogen and oxygen atoms in total. The molecule has 0 amide bonds. The van der Waals surface area contributed by atoms with E-state index < -0.39 is 6.17 Å². The Morgan fingerprint density at radius 1 is 0.375 bits per heavy atom. The van der Waals surface area contributed by atoms with Crippen LogP contribution in [0.4, 0.5) is 0 Å². The number of benzene rings is 11. The minimum Gasteiger partial charge on any atom is -0.456 e. The molecule has 0 saturated heterocycles. The number of nitrogens with zero attached hydrogens (tertiary/aromatic N) is 3. The van der Waals surface area contributed by atoms with Gasteiger partial charge in [0.25, 0.3) is 0 Å². The fourth-order valence-corrected chi connectivity index (χ4v) is 11.6. The monoisotopic (exact) mass is 922 g/mol. The van der Waals surface area contributed by atoms with Gasteiger partial charge in [-0.1, -0.05) is 140 Å². The Hall–Kier alpha value is -9.72. The highest BCUT2D eigenvalue weighted by Crippen LogP contribution is 2.43. The second kappa shape index (κ2) is 14.9. The molecule has 0 fully saturated rings. The molecule has 72 heavy (non-hydrogen) atoms. The molecule has 1 aliphatic rings. The van der Waals surface area contributed by atoms with E-state index in [2.05, 4.69) is 168 Å². The summed E-state index contributed by atoms with van der Waals surface area (Å²) in [5.74, 6) is 1.28. The minimum absolute atomic E-state index is 0.546. The summed E-state index contributed by atoms with van der Waals surface area (Å²) in [5, 5.41) is 17.3. The number of para-hydroxylation sites is 3. The molecule has 1 atom stereocenters. The highest BCUT2D eigenvalue weighted by atomic mass is 16.3. The van der Waals surface area contributed by atoms with Crippen LogP contribution in [0.5, 0.6) is 0 Å². The van der Waals surface area contributed by atoms with Gasteiger partial charge in [-0.15, -0.1) is 0 Å². The predicted octanol–water partition coefficient (Wildman–Crippen LogP) is 17.0. The summed E-state index contributed by atoms with van der Waals surface area (Å²) in [4.78, 5) is 11.2. The van der Waals surface area contributed by atoms with Gasteiger partial charge in [-0.05, 0) is 112 Å². The number of aliphatic imine (C=N–C) groups is 2. The first kappa shape index (κ1) is 39.2. The van der Waals surface area contributed by atoms with E-state index in [1.54, 1.807) is 0 Å². The van der Waals surface area contributed by atoms with Crippen LogP contribution < -0.4 is 5.32 Å². The number of fused-ring (bicyclic) bond motifs is 15. The van der Waals surface area contributed by atoms with Gasteiger partial charge in [-0.2, -0.15) is 0 Å². The van der Waals surface area contributed by atoms with Gasteiger partial charge in [0.2, 0.25) is 0 Å². The maximum atomic E-state index is 6.60. The zero-order chi connectivity index (χ0) is 47.0. The van der Waals surface area contributed by atoms with Crippen molar-refractivity contribution in [1.82, 2.24) is 9.88 Å². The third-order valence-corrected chi connectivity index (χ3v) is 14.8. The Labute approximate surface area is 410 Å². The van der Waals surface area contributed by atoms with Crippen molar-refractivity contribution in [3.63, 3.8) is 0 Å². The van der Waals surface area contributed by atoms with Crippen molar-refractivity contribution in [2.45, 2.75) is 6.17 Å². The predicted molar refractivity (Wildman–Crippen MR) is 295 cm³/mol. The number of nitrogens with one attached hydrogen (secondary N) is 1. The quantitative estimate of drug-likeness (QED) is 0.186. The summed E-state index contributed by atoms with van der Waals surface area (Å²) in [6, 6.07) is 76.9. The highest BCUT2D eigenvalue weighted by molar-refractivity contribution is 6.25. The number of amidine groups is 2. The van der Waals surface area contributed by atoms with Crippen LogP contribution in [-0.4, -0.2) is 16.2 Å². The molecule has 0 aliphatic carbocycles. The lowest BCUT2D eigenvalue weighted by Gasteiger charge is -2.25. The van der Waals surface area contributed by atoms with Crippen LogP contribution in [0.1, 0.15) is 22.9 Å². The molecule has 1 unspecified atom stereocenters. The fourth-order valence-electron chi connectivity index (χ4n) is 11.6. The number of hydrogen-bond donors (Lipinski definition) is 1. The zero-order valence-electron chi connectivity index (χ0n) is 38.4. The maximum Gasteiger partial charge on any atom is 0.160 e. The average molecular weight is 923 g/mol. The van der Waals surface area contributed by atoms with Crippen molar-refractivity contribution >= 4 is 121 Å². The van der Waals surface area contributed by atoms with Crippen LogP contribution in [0, 0.1) is 0 Å². The molecule has 0 saturated carbocycles. The largest absolute Gasteiger partial charge is 0.456 e. The van der Waals surface area contributed by atoms with Gasteiger partial charge in [0.05, 0.1) is 11.0 Å². The standard InChI is InChI=1S/C65H38N4O3/c1-2-15-39-34-53-51(33-38(39)14-1)60-42-16-4-3-13-37(42)28-32-52(60)69(53)41-29-31-45(50(36-41)40-27-30-44-43-17-5-8-22-54(43)72-59(44)35-40)63-66-64(48-20-11-25-57-61(48)46-18-6-9-23-55(46)70-57)68-65(67-63)49-21-12-26-58-62(49)47-19-7-10-24-56(47)71-58/h1-36,64H,(H,66,67,68). The number of furan rings is 3. The van der Waals surface area contributed by atoms with Gasteiger partial charge in [-0.3, -0.25) is 0 Å². The number of rotatable bonds is 5. The first-order valence-electron chi connectivity index (χ1n) is 24.3. The Morgan fingerprint density at radius 2 is 1.00 bits per heavy atom. The summed E-state index contributed by atoms with van der Waals surface area (Å²) in [6.07, 6.45) is -0.546. The molecule has 336 valence electrons. The van der Waals surface area contributed by atoms with Crippen LogP contribution in [0.15, 0.2) is 242 Å². The highest BCUT2D eigenvalue weighted by Gasteiger charge is 2.28. The molecule has 1 aliphatic heterocycles. The Balaban J connectivity index is 0.984. The fraction of sp³-hybridized carbons (Fsp3) is 0.0154. The van der Waals surface area contributed by atoms with E-state index in [1.807, 2.05) is 60.7 Å². The van der Waals surface area contributed by atoms with Gasteiger partial charge in [0.1, 0.15) is 45.5 Å². The van der Waals surface area contributed by atoms with Crippen molar-refractivity contribution in [1.29, 1.82) is 0 Å². The second-order valence-corrected chi connectivity index (χ2v) is 18.8. The molecule has 1 N–H and O–H groups in total. The van der Waals surface area contributed by atoms with Crippen LogP contribution >= 0.6 is 0 Å². The van der Waals surface area contributed by atoms with Gasteiger partial charge in [0.15, 0.2) is 5.84 Å². The van der Waals surface area contributed by atoms with Crippen molar-refractivity contribution in [2.24, 2.45) is 9.98 Å². The summed E-state index contributed by atoms with van der Waals surface area (Å²) in [7, 11) is 0. The smallest absolute Gasteiger partial charge is 0.160 e. The third-order valence-electron chi connectivity index (χ3n) is 14.8. The summed E-state index contributed by atoms with van der Waals surface area (Å²) in [5.41, 5.74) is 12.9. The topological polar surface area (TPSA) is 81.1 Å². The molecule has 4 aromatic heterocycles. The number of aromatic nitrogens is 1. The normalized spacial score (nSPS) is 14.2. The van der Waals surface area contributed by atoms with Crippen molar-refractivity contribution in [3.05, 3.63) is 235 Å². The molecule has 11 aromatic carbocycles. The first-order valence-corrected chi connectivity index (χ1v) is 24.3. The molecule has 16 rings (SSSR count). The van der Waals surface area contributed by atoms with Crippen LogP contribution in [0.3, 0.4) is 0 Å². The minimum atomic E-state index is -0.546.